The van der Waals surface area contributed by atoms with E-state index in [0.29, 0.717) is 25.0 Å². The van der Waals surface area contributed by atoms with Crippen LogP contribution in [-0.2, 0) is 16.0 Å². The summed E-state index contributed by atoms with van der Waals surface area (Å²) in [6, 6.07) is 9.78. The van der Waals surface area contributed by atoms with Gasteiger partial charge in [0.15, 0.2) is 5.82 Å². The smallest absolute Gasteiger partial charge is 0.247 e. The number of benzene rings is 2. The van der Waals surface area contributed by atoms with Gasteiger partial charge in [-0.3, -0.25) is 9.59 Å². The number of hydrogen-bond donors (Lipinski definition) is 1. The molecule has 0 radical (unpaired) electrons. The SMILES string of the molecule is CC(Cc1ccc(NC(=O)C2CC2)cc1)N1CCC(c2c(F)ccc(Cl)c2F)=CC1=O. The molecule has 4 rings (SSSR count). The van der Waals surface area contributed by atoms with Crippen LogP contribution in [0.15, 0.2) is 42.5 Å². The third-order valence-electron chi connectivity index (χ3n) is 5.80. The first kappa shape index (κ1) is 21.5. The van der Waals surface area contributed by atoms with Crippen LogP contribution in [0.5, 0.6) is 0 Å². The van der Waals surface area contributed by atoms with Gasteiger partial charge in [-0.05, 0) is 68.0 Å². The summed E-state index contributed by atoms with van der Waals surface area (Å²) in [5.74, 6) is -1.62. The van der Waals surface area contributed by atoms with Gasteiger partial charge in [-0.1, -0.05) is 23.7 Å². The van der Waals surface area contributed by atoms with Crippen LogP contribution in [0.25, 0.3) is 5.57 Å². The van der Waals surface area contributed by atoms with E-state index < -0.39 is 11.6 Å². The minimum Gasteiger partial charge on any atom is -0.336 e. The molecule has 1 heterocycles. The molecule has 0 spiro atoms. The zero-order valence-electron chi connectivity index (χ0n) is 17.1. The normalized spacial score (nSPS) is 17.4. The van der Waals surface area contributed by atoms with Gasteiger partial charge < -0.3 is 10.2 Å². The molecule has 31 heavy (non-hydrogen) atoms. The van der Waals surface area contributed by atoms with Crippen LogP contribution in [0.4, 0.5) is 14.5 Å². The number of hydrogen-bond acceptors (Lipinski definition) is 2. The minimum absolute atomic E-state index is 0.0650. The van der Waals surface area contributed by atoms with Crippen LogP contribution in [0, 0.1) is 17.6 Å². The number of halogens is 3. The van der Waals surface area contributed by atoms with E-state index in [4.69, 9.17) is 11.6 Å². The number of nitrogens with zero attached hydrogens (tertiary/aromatic N) is 1. The van der Waals surface area contributed by atoms with Crippen molar-refractivity contribution in [3.8, 4) is 0 Å². The predicted molar refractivity (Wildman–Crippen MR) is 117 cm³/mol. The van der Waals surface area contributed by atoms with E-state index in [1.54, 1.807) is 4.90 Å². The van der Waals surface area contributed by atoms with Gasteiger partial charge in [-0.2, -0.15) is 0 Å². The Bertz CT molecular complexity index is 1050. The molecule has 0 saturated heterocycles. The van der Waals surface area contributed by atoms with Crippen LogP contribution in [-0.4, -0.2) is 29.3 Å². The van der Waals surface area contributed by atoms with Crippen molar-refractivity contribution in [1.82, 2.24) is 4.90 Å². The van der Waals surface area contributed by atoms with Crippen molar-refractivity contribution in [2.24, 2.45) is 5.92 Å². The molecule has 0 aromatic heterocycles. The Labute approximate surface area is 184 Å². The number of anilines is 1. The average Bonchev–Trinajstić information content (AvgIpc) is 3.58. The summed E-state index contributed by atoms with van der Waals surface area (Å²) >= 11 is 5.78. The maximum absolute atomic E-state index is 14.3. The Morgan fingerprint density at radius 1 is 1.19 bits per heavy atom. The van der Waals surface area contributed by atoms with Crippen molar-refractivity contribution in [3.05, 3.63) is 70.3 Å². The number of carbonyl (C=O) groups excluding carboxylic acids is 2. The molecule has 1 unspecified atom stereocenters. The van der Waals surface area contributed by atoms with E-state index in [9.17, 15) is 18.4 Å². The minimum atomic E-state index is -0.837. The molecule has 1 aliphatic heterocycles. The lowest BCUT2D eigenvalue weighted by atomic mass is 9.96. The molecular formula is C24H23ClF2N2O2. The van der Waals surface area contributed by atoms with Gasteiger partial charge in [0.05, 0.1) is 10.6 Å². The molecule has 1 N–H and O–H groups in total. The van der Waals surface area contributed by atoms with Gasteiger partial charge in [-0.15, -0.1) is 0 Å². The highest BCUT2D eigenvalue weighted by Crippen LogP contribution is 2.32. The molecule has 0 bridgehead atoms. The van der Waals surface area contributed by atoms with Crippen LogP contribution in [0.3, 0.4) is 0 Å². The second kappa shape index (κ2) is 8.79. The van der Waals surface area contributed by atoms with Gasteiger partial charge in [-0.25, -0.2) is 8.78 Å². The second-order valence-corrected chi connectivity index (χ2v) is 8.59. The Hall–Kier alpha value is -2.73. The van der Waals surface area contributed by atoms with Crippen LogP contribution in [0.1, 0.15) is 37.3 Å². The van der Waals surface area contributed by atoms with Crippen molar-refractivity contribution in [2.45, 2.75) is 38.6 Å². The number of amides is 2. The van der Waals surface area contributed by atoms with Crippen molar-refractivity contribution in [1.29, 1.82) is 0 Å². The third-order valence-corrected chi connectivity index (χ3v) is 6.09. The van der Waals surface area contributed by atoms with E-state index in [0.717, 1.165) is 36.2 Å². The summed E-state index contributed by atoms with van der Waals surface area (Å²) in [6.45, 7) is 2.31. The molecule has 2 aromatic carbocycles. The fourth-order valence-electron chi connectivity index (χ4n) is 3.88. The molecular weight excluding hydrogens is 422 g/mol. The van der Waals surface area contributed by atoms with Gasteiger partial charge in [0, 0.05) is 30.3 Å². The number of nitrogens with one attached hydrogen (secondary N) is 1. The van der Waals surface area contributed by atoms with Gasteiger partial charge in [0.2, 0.25) is 11.8 Å². The highest BCUT2D eigenvalue weighted by atomic mass is 35.5. The second-order valence-electron chi connectivity index (χ2n) is 8.18. The molecule has 1 fully saturated rings. The Morgan fingerprint density at radius 3 is 2.55 bits per heavy atom. The molecule has 2 aromatic rings. The van der Waals surface area contributed by atoms with E-state index in [2.05, 4.69) is 5.32 Å². The van der Waals surface area contributed by atoms with Crippen molar-refractivity contribution in [3.63, 3.8) is 0 Å². The standard InChI is InChI=1S/C24H23ClF2N2O2/c1-14(12-15-2-6-18(7-3-15)28-24(31)16-4-5-16)29-11-10-17(13-21(29)30)22-20(26)9-8-19(25)23(22)27/h2-3,6-9,13-14,16H,4-5,10-12H2,1H3,(H,28,31). The fourth-order valence-corrected chi connectivity index (χ4v) is 4.03. The summed E-state index contributed by atoms with van der Waals surface area (Å²) in [5, 5.41) is 2.74. The Morgan fingerprint density at radius 2 is 1.90 bits per heavy atom. The first-order valence-corrected chi connectivity index (χ1v) is 10.8. The van der Waals surface area contributed by atoms with Gasteiger partial charge >= 0.3 is 0 Å². The third kappa shape index (κ3) is 4.79. The quantitative estimate of drug-likeness (QED) is 0.621. The van der Waals surface area contributed by atoms with Crippen LogP contribution in [0.2, 0.25) is 5.02 Å². The van der Waals surface area contributed by atoms with E-state index in [1.165, 1.54) is 6.08 Å². The lowest BCUT2D eigenvalue weighted by Gasteiger charge is -2.32. The molecule has 1 aliphatic carbocycles. The predicted octanol–water partition coefficient (Wildman–Crippen LogP) is 5.21. The van der Waals surface area contributed by atoms with Crippen molar-refractivity contribution < 1.29 is 18.4 Å². The zero-order chi connectivity index (χ0) is 22.1. The first-order valence-electron chi connectivity index (χ1n) is 10.4. The highest BCUT2D eigenvalue weighted by molar-refractivity contribution is 6.31. The molecule has 7 heteroatoms. The monoisotopic (exact) mass is 444 g/mol. The Kier molecular flexibility index (Phi) is 6.10. The molecule has 2 aliphatic rings. The molecule has 4 nitrogen and oxygen atoms in total. The maximum Gasteiger partial charge on any atom is 0.247 e. The van der Waals surface area contributed by atoms with Gasteiger partial charge in [0.25, 0.3) is 0 Å². The summed E-state index contributed by atoms with van der Waals surface area (Å²) in [6.07, 6.45) is 4.19. The molecule has 2 amide bonds. The summed E-state index contributed by atoms with van der Waals surface area (Å²) in [4.78, 5) is 26.2. The number of carbonyl (C=O) groups is 2. The largest absolute Gasteiger partial charge is 0.336 e. The number of rotatable bonds is 6. The Balaban J connectivity index is 1.41. The topological polar surface area (TPSA) is 49.4 Å². The highest BCUT2D eigenvalue weighted by Gasteiger charge is 2.30. The van der Waals surface area contributed by atoms with Crippen molar-refractivity contribution >= 4 is 34.7 Å². The van der Waals surface area contributed by atoms with Crippen LogP contribution >= 0.6 is 11.6 Å². The molecule has 162 valence electrons. The summed E-state index contributed by atoms with van der Waals surface area (Å²) in [5.41, 5.74) is 1.89. The first-order chi connectivity index (χ1) is 14.8. The zero-order valence-corrected chi connectivity index (χ0v) is 17.9. The lowest BCUT2D eigenvalue weighted by molar-refractivity contribution is -0.128. The van der Waals surface area contributed by atoms with E-state index in [-0.39, 0.29) is 34.4 Å². The van der Waals surface area contributed by atoms with Crippen molar-refractivity contribution in [2.75, 3.05) is 11.9 Å². The summed E-state index contributed by atoms with van der Waals surface area (Å²) in [7, 11) is 0. The molecule has 1 saturated carbocycles. The van der Waals surface area contributed by atoms with E-state index >= 15 is 0 Å². The molecule has 1 atom stereocenters. The maximum atomic E-state index is 14.3. The van der Waals surface area contributed by atoms with Crippen LogP contribution < -0.4 is 5.32 Å². The van der Waals surface area contributed by atoms with E-state index in [1.807, 2.05) is 31.2 Å². The average molecular weight is 445 g/mol. The lowest BCUT2D eigenvalue weighted by Crippen LogP contribution is -2.41. The van der Waals surface area contributed by atoms with Gasteiger partial charge in [0.1, 0.15) is 5.82 Å². The summed E-state index contributed by atoms with van der Waals surface area (Å²) < 4.78 is 28.5. The fraction of sp³-hybridized carbons (Fsp3) is 0.333.